The van der Waals surface area contributed by atoms with E-state index in [1.807, 2.05) is 109 Å². The van der Waals surface area contributed by atoms with Crippen LogP contribution in [0.15, 0.2) is 242 Å². The van der Waals surface area contributed by atoms with Gasteiger partial charge in [0.1, 0.15) is 0 Å². The van der Waals surface area contributed by atoms with Crippen molar-refractivity contribution in [1.29, 1.82) is 0 Å². The number of benzene rings is 9. The summed E-state index contributed by atoms with van der Waals surface area (Å²) in [5.74, 6) is 0. The molecule has 0 atom stereocenters. The standard InChI is InChI=1S/C54H40N2/c1-5-13-41(14-6-1)45-25-33-52(34-26-45)56(53-35-27-46(28-36-53)42-15-7-2-8-16-42)54-39-31-48(32-40-54)44-23-21-43(22-24-44)47-29-37-51(38-30-47)55(49-17-9-3-10-18-49)50-19-11-4-12-20-50/h1-40H/i21D,22D,23D,24D,29D,30D,37D,38D. The Morgan fingerprint density at radius 3 is 0.786 bits per heavy atom. The topological polar surface area (TPSA) is 6.48 Å². The lowest BCUT2D eigenvalue weighted by Gasteiger charge is -2.26. The van der Waals surface area contributed by atoms with Gasteiger partial charge in [-0.2, -0.15) is 0 Å². The van der Waals surface area contributed by atoms with E-state index in [0.29, 0.717) is 16.9 Å². The van der Waals surface area contributed by atoms with E-state index in [9.17, 15) is 11.0 Å². The zero-order valence-electron chi connectivity index (χ0n) is 38.4. The molecule has 266 valence electrons. The molecule has 0 saturated heterocycles. The van der Waals surface area contributed by atoms with Gasteiger partial charge in [0.05, 0.1) is 11.0 Å². The third-order valence-corrected chi connectivity index (χ3v) is 9.62. The van der Waals surface area contributed by atoms with Crippen molar-refractivity contribution >= 4 is 34.1 Å². The van der Waals surface area contributed by atoms with Crippen LogP contribution in [0.2, 0.25) is 0 Å². The molecule has 0 heterocycles. The molecule has 0 aliphatic heterocycles. The lowest BCUT2D eigenvalue weighted by Crippen LogP contribution is -2.09. The van der Waals surface area contributed by atoms with Gasteiger partial charge in [-0.15, -0.1) is 0 Å². The van der Waals surface area contributed by atoms with E-state index >= 15 is 0 Å². The first kappa shape index (κ1) is 26.4. The van der Waals surface area contributed by atoms with Crippen LogP contribution in [0.3, 0.4) is 0 Å². The van der Waals surface area contributed by atoms with Crippen molar-refractivity contribution in [2.75, 3.05) is 9.80 Å². The maximum absolute atomic E-state index is 9.21. The van der Waals surface area contributed by atoms with Gasteiger partial charge < -0.3 is 9.80 Å². The van der Waals surface area contributed by atoms with Crippen LogP contribution in [-0.4, -0.2) is 0 Å². The Bertz CT molecular complexity index is 2910. The minimum absolute atomic E-state index is 0.00330. The Hall–Kier alpha value is -7.42. The molecule has 0 fully saturated rings. The van der Waals surface area contributed by atoms with E-state index < -0.39 is 24.2 Å². The second kappa shape index (κ2) is 15.9. The summed E-state index contributed by atoms with van der Waals surface area (Å²) in [6.07, 6.45) is 0. The molecular weight excluding hydrogens is 677 g/mol. The molecule has 0 aliphatic rings. The molecule has 0 unspecified atom stereocenters. The number of hydrogen-bond donors (Lipinski definition) is 0. The molecule has 0 aliphatic carbocycles. The molecule has 56 heavy (non-hydrogen) atoms. The van der Waals surface area contributed by atoms with Gasteiger partial charge in [-0.05, 0) is 117 Å². The van der Waals surface area contributed by atoms with Crippen molar-refractivity contribution in [2.24, 2.45) is 0 Å². The Morgan fingerprint density at radius 2 is 0.429 bits per heavy atom. The van der Waals surface area contributed by atoms with Gasteiger partial charge in [0.25, 0.3) is 0 Å². The van der Waals surface area contributed by atoms with Gasteiger partial charge in [-0.25, -0.2) is 0 Å². The molecule has 2 nitrogen and oxygen atoms in total. The van der Waals surface area contributed by atoms with E-state index in [1.54, 1.807) is 17.0 Å². The van der Waals surface area contributed by atoms with Crippen LogP contribution in [0.4, 0.5) is 34.1 Å². The van der Waals surface area contributed by atoms with Crippen LogP contribution >= 0.6 is 0 Å². The zero-order valence-corrected chi connectivity index (χ0v) is 30.4. The Labute approximate surface area is 341 Å². The molecule has 9 rings (SSSR count). The number of hydrogen-bond acceptors (Lipinski definition) is 2. The SMILES string of the molecule is [2H]c1c([2H])c(-c2c([2H])c([2H])c(N(c3ccccc3)c3ccccc3)c([2H])c2[2H])c([2H])c([2H])c1-c1ccc(N(c2ccc(-c3ccccc3)cc2)c2ccc(-c3ccccc3)cc2)cc1. The first-order chi connectivity index (χ1) is 31.1. The van der Waals surface area contributed by atoms with Crippen molar-refractivity contribution in [3.63, 3.8) is 0 Å². The highest BCUT2D eigenvalue weighted by molar-refractivity contribution is 5.82. The second-order valence-electron chi connectivity index (χ2n) is 13.2. The van der Waals surface area contributed by atoms with Crippen LogP contribution in [-0.2, 0) is 0 Å². The fourth-order valence-electron chi connectivity index (χ4n) is 6.78. The highest BCUT2D eigenvalue weighted by Gasteiger charge is 2.15. The summed E-state index contributed by atoms with van der Waals surface area (Å²) >= 11 is 0. The van der Waals surface area contributed by atoms with Crippen molar-refractivity contribution in [3.8, 4) is 44.5 Å². The van der Waals surface area contributed by atoms with E-state index in [4.69, 9.17) is 0 Å². The zero-order chi connectivity index (χ0) is 44.5. The van der Waals surface area contributed by atoms with Crippen LogP contribution in [0.1, 0.15) is 11.0 Å². The van der Waals surface area contributed by atoms with Crippen LogP contribution in [0.25, 0.3) is 44.5 Å². The molecule has 0 bridgehead atoms. The predicted molar refractivity (Wildman–Crippen MR) is 238 cm³/mol. The molecule has 0 saturated carbocycles. The summed E-state index contributed by atoms with van der Waals surface area (Å²) in [6, 6.07) is 59.2. The normalized spacial score (nSPS) is 12.9. The second-order valence-corrected chi connectivity index (χ2v) is 13.2. The number of nitrogens with zero attached hydrogens (tertiary/aromatic N) is 2. The maximum atomic E-state index is 9.21. The summed E-state index contributed by atoms with van der Waals surface area (Å²) in [5.41, 5.74) is 8.14. The highest BCUT2D eigenvalue weighted by atomic mass is 15.1. The smallest absolute Gasteiger partial charge is 0.0645 e. The minimum atomic E-state index is -0.473. The molecule has 0 amide bonds. The Kier molecular flexibility index (Phi) is 7.49. The average molecular weight is 725 g/mol. The van der Waals surface area contributed by atoms with E-state index in [0.717, 1.165) is 39.3 Å². The van der Waals surface area contributed by atoms with Gasteiger partial charge in [0.15, 0.2) is 0 Å². The fraction of sp³-hybridized carbons (Fsp3) is 0. The van der Waals surface area contributed by atoms with Crippen LogP contribution in [0.5, 0.6) is 0 Å². The third kappa shape index (κ3) is 7.37. The molecule has 0 N–H and O–H groups in total. The predicted octanol–water partition coefficient (Wildman–Crippen LogP) is 15.3. The molecular formula is C54H40N2. The molecule has 9 aromatic carbocycles. The van der Waals surface area contributed by atoms with E-state index in [-0.39, 0.29) is 46.5 Å². The van der Waals surface area contributed by atoms with Gasteiger partial charge in [-0.3, -0.25) is 0 Å². The number of anilines is 6. The first-order valence-corrected chi connectivity index (χ1v) is 18.4. The molecule has 0 radical (unpaired) electrons. The van der Waals surface area contributed by atoms with Crippen molar-refractivity contribution in [1.82, 2.24) is 0 Å². The molecule has 0 spiro atoms. The quantitative estimate of drug-likeness (QED) is 0.139. The average Bonchev–Trinajstić information content (AvgIpc) is 3.35. The lowest BCUT2D eigenvalue weighted by molar-refractivity contribution is 1.28. The first-order valence-electron chi connectivity index (χ1n) is 22.4. The number of rotatable bonds is 10. The minimum Gasteiger partial charge on any atom is -0.311 e. The summed E-state index contributed by atoms with van der Waals surface area (Å²) in [5, 5.41) is 0. The van der Waals surface area contributed by atoms with Crippen LogP contribution < -0.4 is 9.80 Å². The summed E-state index contributed by atoms with van der Waals surface area (Å²) < 4.78 is 73.6. The van der Waals surface area contributed by atoms with Gasteiger partial charge >= 0.3 is 0 Å². The van der Waals surface area contributed by atoms with E-state index in [2.05, 4.69) is 77.7 Å². The van der Waals surface area contributed by atoms with Crippen molar-refractivity contribution in [3.05, 3.63) is 242 Å². The largest absolute Gasteiger partial charge is 0.311 e. The Balaban J connectivity index is 1.11. The number of para-hydroxylation sites is 2. The van der Waals surface area contributed by atoms with Gasteiger partial charge in [0, 0.05) is 34.1 Å². The fourth-order valence-corrected chi connectivity index (χ4v) is 6.78. The highest BCUT2D eigenvalue weighted by Crippen LogP contribution is 2.39. The molecule has 9 aromatic rings. The summed E-state index contributed by atoms with van der Waals surface area (Å²) in [6.45, 7) is 0. The van der Waals surface area contributed by atoms with Crippen LogP contribution in [0, 0.1) is 0 Å². The van der Waals surface area contributed by atoms with Crippen molar-refractivity contribution < 1.29 is 11.0 Å². The summed E-state index contributed by atoms with van der Waals surface area (Å²) in [4.78, 5) is 3.77. The molecule has 2 heteroatoms. The summed E-state index contributed by atoms with van der Waals surface area (Å²) in [7, 11) is 0. The van der Waals surface area contributed by atoms with Crippen molar-refractivity contribution in [2.45, 2.75) is 0 Å². The monoisotopic (exact) mass is 724 g/mol. The Morgan fingerprint density at radius 1 is 0.196 bits per heavy atom. The maximum Gasteiger partial charge on any atom is 0.0645 e. The lowest BCUT2D eigenvalue weighted by atomic mass is 9.99. The third-order valence-electron chi connectivity index (χ3n) is 9.62. The molecule has 0 aromatic heterocycles. The van der Waals surface area contributed by atoms with Gasteiger partial charge in [0.2, 0.25) is 0 Å². The van der Waals surface area contributed by atoms with E-state index in [1.165, 1.54) is 0 Å². The van der Waals surface area contributed by atoms with Gasteiger partial charge in [-0.1, -0.05) is 170 Å².